The molecule has 14 nitrogen and oxygen atoms in total. The number of benzene rings is 3. The van der Waals surface area contributed by atoms with Gasteiger partial charge in [0.25, 0.3) is 0 Å². The van der Waals surface area contributed by atoms with Gasteiger partial charge in [0.2, 0.25) is 11.8 Å². The van der Waals surface area contributed by atoms with Gasteiger partial charge in [-0.05, 0) is 125 Å². The van der Waals surface area contributed by atoms with Crippen LogP contribution in [0.2, 0.25) is 0 Å². The Morgan fingerprint density at radius 1 is 0.618 bits per heavy atom. The molecule has 2 bridgehead atoms. The van der Waals surface area contributed by atoms with Crippen LogP contribution in [0, 0.1) is 23.7 Å². The third-order valence-electron chi connectivity index (χ3n) is 15.6. The van der Waals surface area contributed by atoms with Crippen LogP contribution in [-0.4, -0.2) is 92.6 Å². The van der Waals surface area contributed by atoms with Crippen LogP contribution in [-0.2, 0) is 19.1 Å². The highest BCUT2D eigenvalue weighted by atomic mass is 16.5. The Hall–Kier alpha value is -6.44. The maximum Gasteiger partial charge on any atom is 0.407 e. The second-order valence-electron chi connectivity index (χ2n) is 20.7. The largest absolute Gasteiger partial charge is 0.453 e. The smallest absolute Gasteiger partial charge is 0.407 e. The molecule has 2 saturated heterocycles. The molecule has 6 aliphatic rings. The molecule has 0 radical (unpaired) electrons. The second-order valence-corrected chi connectivity index (χ2v) is 20.7. The van der Waals surface area contributed by atoms with E-state index in [1.54, 1.807) is 0 Å². The summed E-state index contributed by atoms with van der Waals surface area (Å²) in [5, 5.41) is 5.51. The molecule has 4 heterocycles. The number of carbonyl (C=O) groups is 4. The molecule has 4 fully saturated rings. The van der Waals surface area contributed by atoms with Crippen LogP contribution in [0.4, 0.5) is 9.59 Å². The van der Waals surface area contributed by atoms with Gasteiger partial charge >= 0.3 is 12.2 Å². The standard InChI is InChI=1S/C54H64N8O6/c1-28(2)47(59-53(65)67-6)51(63)61-27-30(5)22-43(61)49-55-25-40(57-49)33-12-8-31(9-13-33)38-20-21-39(46-36-18-16-35(17-19-36)45(38)46)32-10-14-34(15-11-32)41-26-56-50(58-41)44-24-37-23-42(37)62(44)52(64)48(29(3)4)60-54(66)68-7/h8-15,20-21,25-26,28-30,35-37,42-44,47-48H,16-19,22-24,27H2,1-7H3,(H,55,57)(H,56,58)(H,59,65)(H,60,66)/t30?,35?,36?,37?,42?,43-,44-,47-,48-/m0/s1. The Kier molecular flexibility index (Phi) is 12.2. The Balaban J connectivity index is 0.868. The molecule has 4 N–H and O–H groups in total. The highest BCUT2D eigenvalue weighted by molar-refractivity contribution is 5.88. The third-order valence-corrected chi connectivity index (χ3v) is 15.6. The molecular weight excluding hydrogens is 857 g/mol. The lowest BCUT2D eigenvalue weighted by Crippen LogP contribution is -2.52. The van der Waals surface area contributed by atoms with Crippen LogP contribution in [0.25, 0.3) is 44.8 Å². The summed E-state index contributed by atoms with van der Waals surface area (Å²) in [6.07, 6.45) is 9.99. The van der Waals surface area contributed by atoms with Crippen LogP contribution >= 0.6 is 0 Å². The van der Waals surface area contributed by atoms with Crippen LogP contribution < -0.4 is 10.6 Å². The molecule has 7 atom stereocenters. The van der Waals surface area contributed by atoms with E-state index in [2.05, 4.69) is 88.2 Å². The monoisotopic (exact) mass is 920 g/mol. The number of ether oxygens (including phenoxy) is 2. The first-order valence-corrected chi connectivity index (χ1v) is 24.6. The summed E-state index contributed by atoms with van der Waals surface area (Å²) in [4.78, 5) is 72.6. The van der Waals surface area contributed by atoms with E-state index in [-0.39, 0.29) is 47.7 Å². The van der Waals surface area contributed by atoms with E-state index in [1.165, 1.54) is 73.3 Å². The predicted octanol–water partition coefficient (Wildman–Crippen LogP) is 9.89. The average molecular weight is 921 g/mol. The van der Waals surface area contributed by atoms with Gasteiger partial charge in [-0.1, -0.05) is 95.3 Å². The van der Waals surface area contributed by atoms with E-state index in [4.69, 9.17) is 19.4 Å². The second kappa shape index (κ2) is 18.2. The van der Waals surface area contributed by atoms with Crippen molar-refractivity contribution in [2.45, 2.75) is 122 Å². The Morgan fingerprint density at radius 2 is 1.07 bits per heavy atom. The van der Waals surface area contributed by atoms with Crippen molar-refractivity contribution in [1.29, 1.82) is 0 Å². The molecule has 2 aliphatic heterocycles. The first kappa shape index (κ1) is 45.3. The summed E-state index contributed by atoms with van der Waals surface area (Å²) >= 11 is 0. The van der Waals surface area contributed by atoms with Crippen molar-refractivity contribution in [3.05, 3.63) is 95.8 Å². The predicted molar refractivity (Wildman–Crippen MR) is 259 cm³/mol. The molecule has 11 rings (SSSR count). The number of hydrogen-bond acceptors (Lipinski definition) is 8. The van der Waals surface area contributed by atoms with E-state index in [1.807, 2.05) is 49.9 Å². The number of alkyl carbamates (subject to hydrolysis) is 2. The molecule has 4 amide bonds. The minimum atomic E-state index is -0.695. The number of piperidine rings is 1. The van der Waals surface area contributed by atoms with Gasteiger partial charge in [-0.15, -0.1) is 0 Å². The number of methoxy groups -OCH3 is 2. The third kappa shape index (κ3) is 8.33. The van der Waals surface area contributed by atoms with Crippen molar-refractivity contribution in [2.24, 2.45) is 23.7 Å². The van der Waals surface area contributed by atoms with Crippen LogP contribution in [0.15, 0.2) is 73.1 Å². The van der Waals surface area contributed by atoms with Crippen molar-refractivity contribution < 1.29 is 28.7 Å². The number of aromatic nitrogens is 4. The summed E-state index contributed by atoms with van der Waals surface area (Å²) in [5.74, 6) is 2.90. The number of likely N-dealkylation sites (tertiary alicyclic amines) is 2. The summed E-state index contributed by atoms with van der Waals surface area (Å²) in [6, 6.07) is 20.7. The summed E-state index contributed by atoms with van der Waals surface area (Å²) in [7, 11) is 2.62. The van der Waals surface area contributed by atoms with Gasteiger partial charge in [-0.3, -0.25) is 9.59 Å². The first-order chi connectivity index (χ1) is 32.8. The molecule has 356 valence electrons. The molecule has 4 aliphatic carbocycles. The number of rotatable bonds is 12. The van der Waals surface area contributed by atoms with E-state index >= 15 is 0 Å². The summed E-state index contributed by atoms with van der Waals surface area (Å²) in [6.45, 7) is 10.5. The zero-order chi connectivity index (χ0) is 47.5. The van der Waals surface area contributed by atoms with Crippen molar-refractivity contribution in [3.8, 4) is 44.8 Å². The molecule has 0 spiro atoms. The maximum atomic E-state index is 13.9. The molecule has 2 aromatic heterocycles. The van der Waals surface area contributed by atoms with Gasteiger partial charge in [0.15, 0.2) is 0 Å². The lowest BCUT2D eigenvalue weighted by atomic mass is 9.63. The van der Waals surface area contributed by atoms with Gasteiger partial charge in [-0.25, -0.2) is 19.6 Å². The van der Waals surface area contributed by atoms with Gasteiger partial charge in [0.05, 0.1) is 50.1 Å². The first-order valence-electron chi connectivity index (χ1n) is 24.6. The van der Waals surface area contributed by atoms with Crippen molar-refractivity contribution in [1.82, 2.24) is 40.4 Å². The number of nitrogens with one attached hydrogen (secondary N) is 4. The van der Waals surface area contributed by atoms with Crippen molar-refractivity contribution in [2.75, 3.05) is 20.8 Å². The molecule has 14 heteroatoms. The molecule has 3 aromatic carbocycles. The molecule has 68 heavy (non-hydrogen) atoms. The molecule has 2 saturated carbocycles. The average Bonchev–Trinajstić information content (AvgIpc) is 3.84. The van der Waals surface area contributed by atoms with Gasteiger partial charge < -0.3 is 39.9 Å². The number of nitrogens with zero attached hydrogens (tertiary/aromatic N) is 4. The van der Waals surface area contributed by atoms with Crippen LogP contribution in [0.5, 0.6) is 0 Å². The lowest BCUT2D eigenvalue weighted by Gasteiger charge is -2.41. The highest BCUT2D eigenvalue weighted by Gasteiger charge is 2.56. The molecule has 3 unspecified atom stereocenters. The fourth-order valence-electron chi connectivity index (χ4n) is 12.0. The Bertz CT molecular complexity index is 2580. The molecule has 5 aromatic rings. The van der Waals surface area contributed by atoms with Crippen LogP contribution in [0.1, 0.15) is 126 Å². The number of fused-ring (bicyclic) bond motifs is 3. The number of hydrogen-bond donors (Lipinski definition) is 4. The Labute approximate surface area is 398 Å². The number of imidazole rings is 2. The summed E-state index contributed by atoms with van der Waals surface area (Å²) in [5.41, 5.74) is 11.9. The quantitative estimate of drug-likeness (QED) is 0.0957. The number of H-pyrrole nitrogens is 2. The normalized spacial score (nSPS) is 24.4. The van der Waals surface area contributed by atoms with Crippen molar-refractivity contribution >= 4 is 24.0 Å². The number of carbonyl (C=O) groups excluding carboxylic acids is 4. The number of amides is 4. The number of aromatic amines is 2. The zero-order valence-corrected chi connectivity index (χ0v) is 40.2. The zero-order valence-electron chi connectivity index (χ0n) is 40.2. The minimum absolute atomic E-state index is 0.0854. The van der Waals surface area contributed by atoms with Crippen molar-refractivity contribution in [3.63, 3.8) is 0 Å². The fraction of sp³-hybridized carbons (Fsp3) is 0.481. The molecular formula is C54H64N8O6. The lowest BCUT2D eigenvalue weighted by molar-refractivity contribution is -0.137. The maximum absolute atomic E-state index is 13.9. The fourth-order valence-corrected chi connectivity index (χ4v) is 12.0. The highest BCUT2D eigenvalue weighted by Crippen LogP contribution is 2.56. The topological polar surface area (TPSA) is 175 Å². The Morgan fingerprint density at radius 3 is 1.54 bits per heavy atom. The SMILES string of the molecule is COC(=O)N[C@H](C(=O)N1CC(C)C[C@H]1c1ncc(-c2ccc(-c3ccc(-c4ccc(-c5cnc([C@@H]6CC7CC7N6C(=O)[C@@H](NC(=O)OC)C(C)C)[nH]5)cc4)c4c3C3CCC4CC3)cc2)[nH]1)C(C)C. The van der Waals surface area contributed by atoms with E-state index in [0.717, 1.165) is 53.4 Å². The van der Waals surface area contributed by atoms with Gasteiger partial charge in [0.1, 0.15) is 23.7 Å². The summed E-state index contributed by atoms with van der Waals surface area (Å²) < 4.78 is 9.67. The van der Waals surface area contributed by atoms with Crippen LogP contribution in [0.3, 0.4) is 0 Å². The van der Waals surface area contributed by atoms with E-state index in [0.29, 0.717) is 24.3 Å². The van der Waals surface area contributed by atoms with E-state index < -0.39 is 24.3 Å². The minimum Gasteiger partial charge on any atom is -0.453 e. The van der Waals surface area contributed by atoms with E-state index in [9.17, 15) is 19.2 Å². The van der Waals surface area contributed by atoms with Gasteiger partial charge in [-0.2, -0.15) is 0 Å². The van der Waals surface area contributed by atoms with Gasteiger partial charge in [0, 0.05) is 12.6 Å².